The van der Waals surface area contributed by atoms with E-state index < -0.39 is 23.7 Å². The minimum absolute atomic E-state index is 0.161. The van der Waals surface area contributed by atoms with Gasteiger partial charge in [-0.2, -0.15) is 13.2 Å². The number of ether oxygens (including phenoxy) is 1. The summed E-state index contributed by atoms with van der Waals surface area (Å²) in [5, 5.41) is 0. The number of amides is 2. The lowest BCUT2D eigenvalue weighted by Crippen LogP contribution is -2.56. The number of rotatable bonds is 14. The van der Waals surface area contributed by atoms with Gasteiger partial charge in [0.2, 0.25) is 11.8 Å². The highest BCUT2D eigenvalue weighted by atomic mass is 19.4. The predicted molar refractivity (Wildman–Crippen MR) is 196 cm³/mol. The summed E-state index contributed by atoms with van der Waals surface area (Å²) in [6, 6.07) is 29.5. The molecule has 1 aliphatic rings. The third-order valence-corrected chi connectivity index (χ3v) is 9.30. The number of piperazine rings is 1. The Morgan fingerprint density at radius 2 is 1.53 bits per heavy atom. The summed E-state index contributed by atoms with van der Waals surface area (Å²) in [5.74, 6) is 0.139. The molecule has 0 radical (unpaired) electrons. The van der Waals surface area contributed by atoms with Crippen LogP contribution in [0.4, 0.5) is 18.9 Å². The summed E-state index contributed by atoms with van der Waals surface area (Å²) >= 11 is 0. The Morgan fingerprint density at radius 3 is 2.22 bits per heavy atom. The van der Waals surface area contributed by atoms with Crippen LogP contribution in [0.2, 0.25) is 0 Å². The molecule has 9 heteroatoms. The number of unbranched alkanes of at least 4 members (excludes halogenated alkanes) is 2. The van der Waals surface area contributed by atoms with Crippen molar-refractivity contribution < 1.29 is 27.5 Å². The van der Waals surface area contributed by atoms with Crippen LogP contribution in [-0.2, 0) is 35.2 Å². The van der Waals surface area contributed by atoms with Gasteiger partial charge in [0.05, 0.1) is 12.7 Å². The third-order valence-electron chi connectivity index (χ3n) is 9.30. The Hall–Kier alpha value is -5.05. The average molecular weight is 698 g/mol. The van der Waals surface area contributed by atoms with E-state index in [0.29, 0.717) is 26.2 Å². The van der Waals surface area contributed by atoms with Gasteiger partial charge in [0.25, 0.3) is 0 Å². The number of hydrogen-bond donors (Lipinski definition) is 0. The maximum Gasteiger partial charge on any atom is 0.416 e. The zero-order chi connectivity index (χ0) is 36.2. The molecular formula is C42H46F3N3O3. The number of carbonyl (C=O) groups is 2. The molecule has 0 bridgehead atoms. The molecule has 1 atom stereocenters. The van der Waals surface area contributed by atoms with E-state index in [1.807, 2.05) is 71.6 Å². The number of alkyl halides is 3. The predicted octanol–water partition coefficient (Wildman–Crippen LogP) is 8.45. The molecule has 0 saturated carbocycles. The molecule has 0 N–H and O–H groups in total. The smallest absolute Gasteiger partial charge is 0.416 e. The zero-order valence-corrected chi connectivity index (χ0v) is 29.3. The van der Waals surface area contributed by atoms with Crippen LogP contribution in [0.1, 0.15) is 54.0 Å². The van der Waals surface area contributed by atoms with Crippen molar-refractivity contribution in [2.45, 2.75) is 57.8 Å². The number of benzene rings is 4. The largest absolute Gasteiger partial charge is 0.497 e. The van der Waals surface area contributed by atoms with Crippen LogP contribution in [-0.4, -0.2) is 60.9 Å². The van der Waals surface area contributed by atoms with Crippen molar-refractivity contribution in [1.29, 1.82) is 0 Å². The fraction of sp³-hybridized carbons (Fsp3) is 0.333. The molecule has 268 valence electrons. The van der Waals surface area contributed by atoms with E-state index in [9.17, 15) is 22.8 Å². The molecule has 1 saturated heterocycles. The number of anilines is 1. The van der Waals surface area contributed by atoms with Crippen molar-refractivity contribution in [2.24, 2.45) is 0 Å². The second-order valence-electron chi connectivity index (χ2n) is 12.9. The van der Waals surface area contributed by atoms with Gasteiger partial charge in [-0.25, -0.2) is 0 Å². The number of hydrogen-bond acceptors (Lipinski definition) is 4. The second kappa shape index (κ2) is 17.7. The molecular weight excluding hydrogens is 651 g/mol. The first-order chi connectivity index (χ1) is 24.6. The Labute approximate surface area is 299 Å². The summed E-state index contributed by atoms with van der Waals surface area (Å²) < 4.78 is 45.7. The number of halogens is 3. The summed E-state index contributed by atoms with van der Waals surface area (Å²) in [5.41, 5.74) is 3.44. The maximum absolute atomic E-state index is 14.6. The van der Waals surface area contributed by atoms with Gasteiger partial charge >= 0.3 is 6.18 Å². The van der Waals surface area contributed by atoms with Gasteiger partial charge < -0.3 is 19.4 Å². The highest BCUT2D eigenvalue weighted by Gasteiger charge is 2.34. The topological polar surface area (TPSA) is 53.1 Å². The Kier molecular flexibility index (Phi) is 12.9. The molecule has 1 fully saturated rings. The van der Waals surface area contributed by atoms with E-state index in [2.05, 4.69) is 24.0 Å². The lowest BCUT2D eigenvalue weighted by Gasteiger charge is -2.40. The number of nitrogens with zero attached hydrogens (tertiary/aromatic N) is 3. The molecule has 6 nitrogen and oxygen atoms in total. The van der Waals surface area contributed by atoms with E-state index in [1.54, 1.807) is 12.0 Å². The van der Waals surface area contributed by atoms with Crippen LogP contribution in [0.25, 0.3) is 6.08 Å². The molecule has 4 aromatic rings. The van der Waals surface area contributed by atoms with Crippen molar-refractivity contribution >= 4 is 23.6 Å². The van der Waals surface area contributed by atoms with Crippen LogP contribution < -0.4 is 9.64 Å². The molecule has 4 aromatic carbocycles. The van der Waals surface area contributed by atoms with Gasteiger partial charge in [-0.15, -0.1) is 0 Å². The molecule has 1 aliphatic heterocycles. The summed E-state index contributed by atoms with van der Waals surface area (Å²) in [4.78, 5) is 34.3. The highest BCUT2D eigenvalue weighted by molar-refractivity contribution is 5.96. The fourth-order valence-corrected chi connectivity index (χ4v) is 6.38. The van der Waals surface area contributed by atoms with Gasteiger partial charge in [-0.1, -0.05) is 92.6 Å². The lowest BCUT2D eigenvalue weighted by atomic mass is 10.0. The number of carbonyl (C=O) groups excluding carboxylic acids is 2. The normalized spacial score (nSPS) is 14.1. The lowest BCUT2D eigenvalue weighted by molar-refractivity contribution is -0.144. The van der Waals surface area contributed by atoms with Gasteiger partial charge in [0, 0.05) is 57.0 Å². The SMILES string of the molecule is CCCCCc1ccc(CN(C(=O)C=Cc2cccc(C(F)(F)F)c2)[C@@H](Cc2ccccc2)C(=O)N2CCN(c3cccc(OC)c3)CC2)cc1. The Morgan fingerprint density at radius 1 is 0.824 bits per heavy atom. The standard InChI is InChI=1S/C42H46F3N3O3/c1-3-4-6-11-32-18-20-35(21-19-32)31-48(40(49)23-22-34-14-9-15-36(28-34)42(43,44)45)39(29-33-12-7-5-8-13-33)41(50)47-26-24-46(25-27-47)37-16-10-17-38(30-37)51-2/h5,7-10,12-23,28,30,39H,3-4,6,11,24-27,29,31H2,1-2H3/t39-/m0/s1. The van der Waals surface area contributed by atoms with Crippen molar-refractivity contribution in [3.8, 4) is 5.75 Å². The van der Waals surface area contributed by atoms with Crippen molar-refractivity contribution in [3.63, 3.8) is 0 Å². The molecule has 5 rings (SSSR count). The quantitative estimate of drug-likeness (QED) is 0.0981. The Balaban J connectivity index is 1.44. The molecule has 0 spiro atoms. The van der Waals surface area contributed by atoms with E-state index in [1.165, 1.54) is 29.8 Å². The zero-order valence-electron chi connectivity index (χ0n) is 29.3. The molecule has 2 amide bonds. The minimum Gasteiger partial charge on any atom is -0.497 e. The van der Waals surface area contributed by atoms with Crippen LogP contribution >= 0.6 is 0 Å². The van der Waals surface area contributed by atoms with Gasteiger partial charge in [-0.3, -0.25) is 9.59 Å². The number of aryl methyl sites for hydroxylation is 1. The first kappa shape index (κ1) is 37.2. The second-order valence-corrected chi connectivity index (χ2v) is 12.9. The van der Waals surface area contributed by atoms with Gasteiger partial charge in [0.1, 0.15) is 11.8 Å². The summed E-state index contributed by atoms with van der Waals surface area (Å²) in [7, 11) is 1.63. The molecule has 0 aromatic heterocycles. The highest BCUT2D eigenvalue weighted by Crippen LogP contribution is 2.30. The monoisotopic (exact) mass is 697 g/mol. The van der Waals surface area contributed by atoms with E-state index in [0.717, 1.165) is 60.4 Å². The molecule has 51 heavy (non-hydrogen) atoms. The average Bonchev–Trinajstić information content (AvgIpc) is 3.16. The molecule has 1 heterocycles. The summed E-state index contributed by atoms with van der Waals surface area (Å²) in [6.45, 7) is 4.49. The van der Waals surface area contributed by atoms with Gasteiger partial charge in [-0.05, 0) is 65.4 Å². The van der Waals surface area contributed by atoms with Crippen LogP contribution in [0.5, 0.6) is 5.75 Å². The first-order valence-corrected chi connectivity index (χ1v) is 17.6. The fourth-order valence-electron chi connectivity index (χ4n) is 6.38. The van der Waals surface area contributed by atoms with Gasteiger partial charge in [0.15, 0.2) is 0 Å². The maximum atomic E-state index is 14.6. The van der Waals surface area contributed by atoms with E-state index in [-0.39, 0.29) is 24.4 Å². The molecule has 0 unspecified atom stereocenters. The van der Waals surface area contributed by atoms with Crippen molar-refractivity contribution in [1.82, 2.24) is 9.80 Å². The van der Waals surface area contributed by atoms with E-state index in [4.69, 9.17) is 4.74 Å². The Bertz CT molecular complexity index is 1750. The first-order valence-electron chi connectivity index (χ1n) is 17.6. The van der Waals surface area contributed by atoms with E-state index >= 15 is 0 Å². The van der Waals surface area contributed by atoms with Crippen molar-refractivity contribution in [3.05, 3.63) is 137 Å². The summed E-state index contributed by atoms with van der Waals surface area (Å²) in [6.07, 6.45) is 2.79. The third kappa shape index (κ3) is 10.5. The van der Waals surface area contributed by atoms with Crippen LogP contribution in [0, 0.1) is 0 Å². The molecule has 0 aliphatic carbocycles. The minimum atomic E-state index is -4.51. The van der Waals surface area contributed by atoms with Crippen molar-refractivity contribution in [2.75, 3.05) is 38.2 Å². The van der Waals surface area contributed by atoms with Crippen LogP contribution in [0.3, 0.4) is 0 Å². The number of methoxy groups -OCH3 is 1. The van der Waals surface area contributed by atoms with Crippen LogP contribution in [0.15, 0.2) is 109 Å².